The summed E-state index contributed by atoms with van der Waals surface area (Å²) in [7, 11) is 0. The first-order chi connectivity index (χ1) is 9.69. The van der Waals surface area contributed by atoms with E-state index in [4.69, 9.17) is 16.7 Å². The number of hydrogen-bond donors (Lipinski definition) is 2. The molecule has 0 aliphatic carbocycles. The predicted molar refractivity (Wildman–Crippen MR) is 77.4 cm³/mol. The highest BCUT2D eigenvalue weighted by Gasteiger charge is 2.30. The summed E-state index contributed by atoms with van der Waals surface area (Å²) in [6.07, 6.45) is 5.11. The van der Waals surface area contributed by atoms with Crippen LogP contribution in [0, 0.1) is 0 Å². The Morgan fingerprint density at radius 2 is 2.20 bits per heavy atom. The summed E-state index contributed by atoms with van der Waals surface area (Å²) in [6, 6.07) is 1.06. The molecule has 7 heteroatoms. The van der Waals surface area contributed by atoms with E-state index in [0.29, 0.717) is 17.8 Å². The number of aromatic nitrogens is 2. The lowest BCUT2D eigenvalue weighted by Gasteiger charge is -2.26. The molecule has 6 nitrogen and oxygen atoms in total. The predicted octanol–water partition coefficient (Wildman–Crippen LogP) is 0.220. The molecule has 2 N–H and O–H groups in total. The molecule has 0 radical (unpaired) electrons. The Hall–Kier alpha value is -1.11. The maximum atomic E-state index is 12.1. The van der Waals surface area contributed by atoms with Crippen molar-refractivity contribution in [1.29, 1.82) is 0 Å². The molecule has 1 aromatic heterocycles. The van der Waals surface area contributed by atoms with Crippen molar-refractivity contribution in [3.8, 4) is 0 Å². The second-order valence-corrected chi connectivity index (χ2v) is 5.85. The zero-order valence-corrected chi connectivity index (χ0v) is 12.0. The van der Waals surface area contributed by atoms with Crippen molar-refractivity contribution in [3.63, 3.8) is 0 Å². The summed E-state index contributed by atoms with van der Waals surface area (Å²) >= 11 is 6.21. The number of hydrogen-bond acceptors (Lipinski definition) is 5. The standard InChI is InChI=1S/C13H19ClN4O2/c14-12-11(7-15-18(5-6-19)13(12)20)17-4-3-9-1-2-10(8-17)16-9/h7,9-10,16,19H,1-6,8H2. The fourth-order valence-electron chi connectivity index (χ4n) is 3.09. The fraction of sp³-hybridized carbons (Fsp3) is 0.692. The Balaban J connectivity index is 1.86. The highest BCUT2D eigenvalue weighted by Crippen LogP contribution is 2.27. The van der Waals surface area contributed by atoms with Crippen LogP contribution in [0.1, 0.15) is 19.3 Å². The Morgan fingerprint density at radius 3 is 3.00 bits per heavy atom. The van der Waals surface area contributed by atoms with Gasteiger partial charge in [0, 0.05) is 25.2 Å². The summed E-state index contributed by atoms with van der Waals surface area (Å²) in [6.45, 7) is 1.80. The van der Waals surface area contributed by atoms with Crippen LogP contribution in [-0.2, 0) is 6.54 Å². The second kappa shape index (κ2) is 5.71. The first-order valence-corrected chi connectivity index (χ1v) is 7.44. The molecule has 2 unspecified atom stereocenters. The minimum absolute atomic E-state index is 0.125. The van der Waals surface area contributed by atoms with Gasteiger partial charge in [-0.25, -0.2) is 4.68 Å². The number of aliphatic hydroxyl groups excluding tert-OH is 1. The quantitative estimate of drug-likeness (QED) is 0.835. The number of anilines is 1. The van der Waals surface area contributed by atoms with Gasteiger partial charge < -0.3 is 15.3 Å². The molecule has 2 fully saturated rings. The minimum atomic E-state index is -0.333. The van der Waals surface area contributed by atoms with Crippen molar-refractivity contribution in [3.05, 3.63) is 21.6 Å². The van der Waals surface area contributed by atoms with Crippen LogP contribution in [0.25, 0.3) is 0 Å². The van der Waals surface area contributed by atoms with Gasteiger partial charge >= 0.3 is 0 Å². The third-order valence-corrected chi connectivity index (χ3v) is 4.50. The van der Waals surface area contributed by atoms with E-state index >= 15 is 0 Å². The molecule has 3 rings (SSSR count). The molecule has 2 atom stereocenters. The Morgan fingerprint density at radius 1 is 1.40 bits per heavy atom. The van der Waals surface area contributed by atoms with Crippen LogP contribution in [0.5, 0.6) is 0 Å². The SMILES string of the molecule is O=c1c(Cl)c(N2CCC3CCC(C2)N3)cnn1CCO. The topological polar surface area (TPSA) is 70.4 Å². The summed E-state index contributed by atoms with van der Waals surface area (Å²) in [5, 5.41) is 16.8. The highest BCUT2D eigenvalue weighted by molar-refractivity contribution is 6.33. The monoisotopic (exact) mass is 298 g/mol. The normalized spacial score (nSPS) is 25.8. The molecule has 20 heavy (non-hydrogen) atoms. The van der Waals surface area contributed by atoms with Crippen LogP contribution in [0.2, 0.25) is 5.02 Å². The molecule has 2 aliphatic heterocycles. The average Bonchev–Trinajstić information content (AvgIpc) is 2.76. The zero-order chi connectivity index (χ0) is 14.1. The summed E-state index contributed by atoms with van der Waals surface area (Å²) in [5.41, 5.74) is 0.376. The van der Waals surface area contributed by atoms with Crippen LogP contribution >= 0.6 is 11.6 Å². The van der Waals surface area contributed by atoms with E-state index in [1.54, 1.807) is 6.20 Å². The Bertz CT molecular complexity index is 548. The van der Waals surface area contributed by atoms with Crippen molar-refractivity contribution >= 4 is 17.3 Å². The molecular weight excluding hydrogens is 280 g/mol. The van der Waals surface area contributed by atoms with E-state index in [0.717, 1.165) is 19.5 Å². The molecule has 2 saturated heterocycles. The Kier molecular flexibility index (Phi) is 3.96. The highest BCUT2D eigenvalue weighted by atomic mass is 35.5. The number of halogens is 1. The van der Waals surface area contributed by atoms with Crippen molar-refractivity contribution in [2.75, 3.05) is 24.6 Å². The lowest BCUT2D eigenvalue weighted by atomic mass is 10.1. The van der Waals surface area contributed by atoms with Crippen LogP contribution in [0.15, 0.2) is 11.0 Å². The van der Waals surface area contributed by atoms with Gasteiger partial charge in [0.2, 0.25) is 0 Å². The molecule has 3 heterocycles. The molecule has 0 amide bonds. The van der Waals surface area contributed by atoms with Gasteiger partial charge in [-0.2, -0.15) is 5.10 Å². The van der Waals surface area contributed by atoms with Crippen molar-refractivity contribution < 1.29 is 5.11 Å². The van der Waals surface area contributed by atoms with Gasteiger partial charge in [-0.05, 0) is 19.3 Å². The third kappa shape index (κ3) is 2.55. The van der Waals surface area contributed by atoms with Crippen LogP contribution in [0.4, 0.5) is 5.69 Å². The number of aliphatic hydroxyl groups is 1. The first-order valence-electron chi connectivity index (χ1n) is 7.06. The lowest BCUT2D eigenvalue weighted by molar-refractivity contribution is 0.266. The molecule has 110 valence electrons. The number of nitrogens with one attached hydrogen (secondary N) is 1. The summed E-state index contributed by atoms with van der Waals surface area (Å²) < 4.78 is 1.20. The molecule has 0 saturated carbocycles. The molecule has 0 spiro atoms. The van der Waals surface area contributed by atoms with Gasteiger partial charge in [-0.1, -0.05) is 11.6 Å². The fourth-order valence-corrected chi connectivity index (χ4v) is 3.36. The maximum Gasteiger partial charge on any atom is 0.287 e. The molecule has 2 bridgehead atoms. The van der Waals surface area contributed by atoms with Gasteiger partial charge in [0.05, 0.1) is 25.0 Å². The summed E-state index contributed by atoms with van der Waals surface area (Å²) in [4.78, 5) is 14.2. The van der Waals surface area contributed by atoms with Crippen molar-refractivity contribution in [2.24, 2.45) is 0 Å². The van der Waals surface area contributed by atoms with E-state index in [9.17, 15) is 4.79 Å². The maximum absolute atomic E-state index is 12.1. The van der Waals surface area contributed by atoms with E-state index in [1.165, 1.54) is 17.5 Å². The smallest absolute Gasteiger partial charge is 0.287 e. The Labute approximate surface area is 122 Å². The molecule has 2 aliphatic rings. The van der Waals surface area contributed by atoms with Crippen LogP contribution in [-0.4, -0.2) is 46.7 Å². The lowest BCUT2D eigenvalue weighted by Crippen LogP contribution is -2.37. The minimum Gasteiger partial charge on any atom is -0.394 e. The summed E-state index contributed by atoms with van der Waals surface area (Å²) in [5.74, 6) is 0. The second-order valence-electron chi connectivity index (χ2n) is 5.47. The van der Waals surface area contributed by atoms with Crippen molar-refractivity contribution in [1.82, 2.24) is 15.1 Å². The van der Waals surface area contributed by atoms with Gasteiger partial charge in [0.1, 0.15) is 5.02 Å². The molecular formula is C13H19ClN4O2. The van der Waals surface area contributed by atoms with Crippen LogP contribution in [0.3, 0.4) is 0 Å². The van der Waals surface area contributed by atoms with E-state index in [2.05, 4.69) is 15.3 Å². The zero-order valence-electron chi connectivity index (χ0n) is 11.3. The number of nitrogens with zero attached hydrogens (tertiary/aromatic N) is 3. The molecule has 1 aromatic rings. The van der Waals surface area contributed by atoms with Gasteiger partial charge in [0.15, 0.2) is 0 Å². The number of rotatable bonds is 3. The molecule has 0 aromatic carbocycles. The largest absolute Gasteiger partial charge is 0.394 e. The van der Waals surface area contributed by atoms with E-state index in [-0.39, 0.29) is 23.7 Å². The number of fused-ring (bicyclic) bond motifs is 2. The van der Waals surface area contributed by atoms with Crippen molar-refractivity contribution in [2.45, 2.75) is 37.9 Å². The van der Waals surface area contributed by atoms with Crippen LogP contribution < -0.4 is 15.8 Å². The van der Waals surface area contributed by atoms with E-state index < -0.39 is 0 Å². The third-order valence-electron chi connectivity index (χ3n) is 4.14. The van der Waals surface area contributed by atoms with Gasteiger partial charge in [-0.15, -0.1) is 0 Å². The van der Waals surface area contributed by atoms with Gasteiger partial charge in [0.25, 0.3) is 5.56 Å². The first kappa shape index (κ1) is 13.9. The van der Waals surface area contributed by atoms with Gasteiger partial charge in [-0.3, -0.25) is 4.79 Å². The van der Waals surface area contributed by atoms with E-state index in [1.807, 2.05) is 0 Å². The average molecular weight is 299 g/mol.